The summed E-state index contributed by atoms with van der Waals surface area (Å²) < 4.78 is 25.4. The second kappa shape index (κ2) is 9.91. The quantitative estimate of drug-likeness (QED) is 0.676. The molecule has 0 saturated carbocycles. The van der Waals surface area contributed by atoms with Crippen LogP contribution in [0.15, 0.2) is 48.5 Å². The molecule has 0 unspecified atom stereocenters. The van der Waals surface area contributed by atoms with Gasteiger partial charge in [0.1, 0.15) is 0 Å². The number of carbonyl (C=O) groups excluding carboxylic acids is 1. The Hall–Kier alpha value is -2.64. The number of nitrogens with zero attached hydrogens (tertiary/aromatic N) is 2. The molecule has 0 aliphatic carbocycles. The summed E-state index contributed by atoms with van der Waals surface area (Å²) in [6.07, 6.45) is 0.843. The molecule has 0 radical (unpaired) electrons. The standard InChI is InChI=1S/C23H28FN3O3/c24-20-15-18(7-8-22(20)30-12-4-9-26-10-13-29-14-11-26)16-27-17-21(25-23(27)28)19-5-2-1-3-6-19/h1-3,5-8,15,21H,4,9-14,16-17H2,(H,25,28)/t21-/m1/s1. The Labute approximate surface area is 176 Å². The topological polar surface area (TPSA) is 54.0 Å². The van der Waals surface area contributed by atoms with Gasteiger partial charge in [0.05, 0.1) is 25.9 Å². The maximum Gasteiger partial charge on any atom is 0.318 e. The van der Waals surface area contributed by atoms with Crippen LogP contribution in [0.1, 0.15) is 23.6 Å². The van der Waals surface area contributed by atoms with E-state index < -0.39 is 5.82 Å². The minimum Gasteiger partial charge on any atom is -0.490 e. The summed E-state index contributed by atoms with van der Waals surface area (Å²) >= 11 is 0. The lowest BCUT2D eigenvalue weighted by Crippen LogP contribution is -2.37. The number of carbonyl (C=O) groups is 1. The van der Waals surface area contributed by atoms with Gasteiger partial charge in [0.15, 0.2) is 11.6 Å². The van der Waals surface area contributed by atoms with E-state index in [-0.39, 0.29) is 17.8 Å². The zero-order valence-corrected chi connectivity index (χ0v) is 17.1. The van der Waals surface area contributed by atoms with Crippen LogP contribution in [-0.4, -0.2) is 61.8 Å². The maximum absolute atomic E-state index is 14.5. The van der Waals surface area contributed by atoms with E-state index in [1.165, 1.54) is 6.07 Å². The molecule has 2 fully saturated rings. The summed E-state index contributed by atoms with van der Waals surface area (Å²) in [5, 5.41) is 2.98. The molecule has 1 atom stereocenters. The van der Waals surface area contributed by atoms with Crippen LogP contribution in [0, 0.1) is 5.82 Å². The van der Waals surface area contributed by atoms with Crippen molar-refractivity contribution in [2.24, 2.45) is 0 Å². The van der Waals surface area contributed by atoms with Crippen molar-refractivity contribution in [1.82, 2.24) is 15.1 Å². The third-order valence-electron chi connectivity index (χ3n) is 5.54. The lowest BCUT2D eigenvalue weighted by molar-refractivity contribution is 0.0357. The van der Waals surface area contributed by atoms with Gasteiger partial charge in [-0.15, -0.1) is 0 Å². The van der Waals surface area contributed by atoms with Gasteiger partial charge >= 0.3 is 6.03 Å². The average molecular weight is 413 g/mol. The molecule has 4 rings (SSSR count). The number of halogens is 1. The molecule has 2 aromatic carbocycles. The van der Waals surface area contributed by atoms with Gasteiger partial charge in [0, 0.05) is 32.7 Å². The van der Waals surface area contributed by atoms with Crippen LogP contribution in [0.3, 0.4) is 0 Å². The molecule has 1 N–H and O–H groups in total. The first-order chi connectivity index (χ1) is 14.7. The molecule has 6 nitrogen and oxygen atoms in total. The highest BCUT2D eigenvalue weighted by atomic mass is 19.1. The SMILES string of the molecule is O=C1N[C@@H](c2ccccc2)CN1Cc1ccc(OCCCN2CCOCC2)c(F)c1. The molecular weight excluding hydrogens is 385 g/mol. The Morgan fingerprint density at radius 2 is 1.93 bits per heavy atom. The number of hydrogen-bond donors (Lipinski definition) is 1. The fourth-order valence-corrected chi connectivity index (χ4v) is 3.87. The first-order valence-electron chi connectivity index (χ1n) is 10.5. The molecule has 160 valence electrons. The van der Waals surface area contributed by atoms with E-state index in [2.05, 4.69) is 10.2 Å². The summed E-state index contributed by atoms with van der Waals surface area (Å²) in [4.78, 5) is 16.3. The third kappa shape index (κ3) is 5.29. The van der Waals surface area contributed by atoms with Crippen molar-refractivity contribution in [3.63, 3.8) is 0 Å². The van der Waals surface area contributed by atoms with Gasteiger partial charge in [0.2, 0.25) is 0 Å². The highest BCUT2D eigenvalue weighted by molar-refractivity contribution is 5.77. The van der Waals surface area contributed by atoms with Gasteiger partial charge in [-0.2, -0.15) is 0 Å². The van der Waals surface area contributed by atoms with Gasteiger partial charge in [-0.05, 0) is 29.7 Å². The normalized spacial score (nSPS) is 19.7. The Morgan fingerprint density at radius 3 is 2.70 bits per heavy atom. The van der Waals surface area contributed by atoms with Crippen LogP contribution < -0.4 is 10.1 Å². The van der Waals surface area contributed by atoms with E-state index in [0.29, 0.717) is 19.7 Å². The average Bonchev–Trinajstić information content (AvgIpc) is 3.14. The van der Waals surface area contributed by atoms with E-state index in [1.807, 2.05) is 36.4 Å². The lowest BCUT2D eigenvalue weighted by atomic mass is 10.1. The fraction of sp³-hybridized carbons (Fsp3) is 0.435. The monoisotopic (exact) mass is 413 g/mol. The van der Waals surface area contributed by atoms with Gasteiger partial charge in [0.25, 0.3) is 0 Å². The second-order valence-corrected chi connectivity index (χ2v) is 7.71. The molecule has 30 heavy (non-hydrogen) atoms. The van der Waals surface area contributed by atoms with Crippen LogP contribution in [0.25, 0.3) is 0 Å². The van der Waals surface area contributed by atoms with E-state index in [0.717, 1.165) is 50.4 Å². The third-order valence-corrected chi connectivity index (χ3v) is 5.54. The summed E-state index contributed by atoms with van der Waals surface area (Å²) in [6.45, 7) is 5.76. The summed E-state index contributed by atoms with van der Waals surface area (Å²) in [5.41, 5.74) is 1.82. The summed E-state index contributed by atoms with van der Waals surface area (Å²) in [5.74, 6) is -0.133. The minimum absolute atomic E-state index is 0.0439. The smallest absolute Gasteiger partial charge is 0.318 e. The molecular formula is C23H28FN3O3. The van der Waals surface area contributed by atoms with E-state index >= 15 is 0 Å². The van der Waals surface area contributed by atoms with Crippen LogP contribution >= 0.6 is 0 Å². The molecule has 2 saturated heterocycles. The Bertz CT molecular complexity index is 843. The molecule has 2 aliphatic heterocycles. The number of urea groups is 1. The van der Waals surface area contributed by atoms with Crippen LogP contribution in [0.2, 0.25) is 0 Å². The van der Waals surface area contributed by atoms with Crippen LogP contribution in [0.5, 0.6) is 5.75 Å². The van der Waals surface area contributed by atoms with E-state index in [9.17, 15) is 9.18 Å². The van der Waals surface area contributed by atoms with Crippen molar-refractivity contribution in [2.45, 2.75) is 19.0 Å². The molecule has 2 heterocycles. The predicted molar refractivity (Wildman–Crippen MR) is 112 cm³/mol. The Balaban J connectivity index is 1.26. The molecule has 0 aromatic heterocycles. The summed E-state index contributed by atoms with van der Waals surface area (Å²) in [7, 11) is 0. The van der Waals surface area contributed by atoms with Gasteiger partial charge in [-0.3, -0.25) is 4.90 Å². The number of hydrogen-bond acceptors (Lipinski definition) is 4. The molecule has 2 amide bonds. The Morgan fingerprint density at radius 1 is 1.13 bits per heavy atom. The fourth-order valence-electron chi connectivity index (χ4n) is 3.87. The zero-order chi connectivity index (χ0) is 20.8. The first-order valence-corrected chi connectivity index (χ1v) is 10.5. The largest absolute Gasteiger partial charge is 0.490 e. The molecule has 0 bridgehead atoms. The van der Waals surface area contributed by atoms with Crippen molar-refractivity contribution >= 4 is 6.03 Å². The maximum atomic E-state index is 14.5. The van der Waals surface area contributed by atoms with Crippen molar-refractivity contribution in [3.8, 4) is 5.75 Å². The molecule has 2 aromatic rings. The first kappa shape index (κ1) is 20.6. The van der Waals surface area contributed by atoms with E-state index in [1.54, 1.807) is 11.0 Å². The van der Waals surface area contributed by atoms with Crippen molar-refractivity contribution < 1.29 is 18.7 Å². The number of nitrogens with one attached hydrogen (secondary N) is 1. The zero-order valence-electron chi connectivity index (χ0n) is 17.1. The number of rotatable bonds is 8. The molecule has 0 spiro atoms. The Kier molecular flexibility index (Phi) is 6.81. The molecule has 7 heteroatoms. The van der Waals surface area contributed by atoms with Crippen LogP contribution in [-0.2, 0) is 11.3 Å². The number of benzene rings is 2. The number of ether oxygens (including phenoxy) is 2. The van der Waals surface area contributed by atoms with Gasteiger partial charge in [-0.1, -0.05) is 36.4 Å². The van der Waals surface area contributed by atoms with Gasteiger partial charge < -0.3 is 19.7 Å². The highest BCUT2D eigenvalue weighted by Gasteiger charge is 2.29. The predicted octanol–water partition coefficient (Wildman–Crippen LogP) is 3.19. The van der Waals surface area contributed by atoms with Crippen molar-refractivity contribution in [2.75, 3.05) is 46.0 Å². The lowest BCUT2D eigenvalue weighted by Gasteiger charge is -2.26. The second-order valence-electron chi connectivity index (χ2n) is 7.71. The van der Waals surface area contributed by atoms with Gasteiger partial charge in [-0.25, -0.2) is 9.18 Å². The van der Waals surface area contributed by atoms with Crippen molar-refractivity contribution in [1.29, 1.82) is 0 Å². The summed E-state index contributed by atoms with van der Waals surface area (Å²) in [6, 6.07) is 14.6. The minimum atomic E-state index is -0.391. The van der Waals surface area contributed by atoms with E-state index in [4.69, 9.17) is 9.47 Å². The highest BCUT2D eigenvalue weighted by Crippen LogP contribution is 2.24. The van der Waals surface area contributed by atoms with Crippen molar-refractivity contribution in [3.05, 3.63) is 65.5 Å². The number of amides is 2. The van der Waals surface area contributed by atoms with Crippen LogP contribution in [0.4, 0.5) is 9.18 Å². The molecule has 2 aliphatic rings. The number of morpholine rings is 1.